The Labute approximate surface area is 122 Å². The fourth-order valence-corrected chi connectivity index (χ4v) is 1.73. The van der Waals surface area contributed by atoms with E-state index in [1.807, 2.05) is 13.8 Å². The second-order valence-corrected chi connectivity index (χ2v) is 5.51. The van der Waals surface area contributed by atoms with E-state index in [2.05, 4.69) is 5.32 Å². The molecule has 6 nitrogen and oxygen atoms in total. The van der Waals surface area contributed by atoms with E-state index in [1.54, 1.807) is 7.11 Å². The number of benzene rings is 1. The summed E-state index contributed by atoms with van der Waals surface area (Å²) >= 11 is 0. The molecule has 1 amide bonds. The summed E-state index contributed by atoms with van der Waals surface area (Å²) in [4.78, 5) is 22.2. The summed E-state index contributed by atoms with van der Waals surface area (Å²) < 4.78 is 18.2. The average Bonchev–Trinajstić information content (AvgIpc) is 2.42. The number of nitrogens with zero attached hydrogens (tertiary/aromatic N) is 1. The SMILES string of the molecule is COCCC(C)(C)CNC(=O)c1cc(F)ccc1[N+](=O)[O-]. The van der Waals surface area contributed by atoms with E-state index >= 15 is 0 Å². The van der Waals surface area contributed by atoms with Crippen molar-refractivity contribution in [2.24, 2.45) is 5.41 Å². The second-order valence-electron chi connectivity index (χ2n) is 5.51. The molecule has 0 saturated carbocycles. The normalized spacial score (nSPS) is 11.2. The van der Waals surface area contributed by atoms with Crippen molar-refractivity contribution in [1.82, 2.24) is 5.32 Å². The predicted molar refractivity (Wildman–Crippen MR) is 75.7 cm³/mol. The number of amides is 1. The molecule has 21 heavy (non-hydrogen) atoms. The number of hydrogen-bond donors (Lipinski definition) is 1. The van der Waals surface area contributed by atoms with Crippen LogP contribution in [0.2, 0.25) is 0 Å². The molecular weight excluding hydrogens is 279 g/mol. The Hall–Kier alpha value is -2.02. The third kappa shape index (κ3) is 5.11. The van der Waals surface area contributed by atoms with Crippen molar-refractivity contribution < 1.29 is 18.8 Å². The minimum atomic E-state index is -0.704. The number of rotatable bonds is 7. The first-order valence-electron chi connectivity index (χ1n) is 6.48. The van der Waals surface area contributed by atoms with E-state index in [0.29, 0.717) is 13.2 Å². The van der Waals surface area contributed by atoms with Crippen LogP contribution in [0.25, 0.3) is 0 Å². The Morgan fingerprint density at radius 2 is 2.14 bits per heavy atom. The van der Waals surface area contributed by atoms with Crippen LogP contribution in [-0.4, -0.2) is 31.1 Å². The van der Waals surface area contributed by atoms with Crippen molar-refractivity contribution in [1.29, 1.82) is 0 Å². The summed E-state index contributed by atoms with van der Waals surface area (Å²) in [6, 6.07) is 2.81. The van der Waals surface area contributed by atoms with Gasteiger partial charge in [0.25, 0.3) is 11.6 Å². The Balaban J connectivity index is 2.80. The minimum absolute atomic E-state index is 0.228. The van der Waals surface area contributed by atoms with Gasteiger partial charge in [-0.05, 0) is 24.0 Å². The maximum atomic E-state index is 13.2. The van der Waals surface area contributed by atoms with Gasteiger partial charge in [-0.2, -0.15) is 0 Å². The number of halogens is 1. The third-order valence-corrected chi connectivity index (χ3v) is 3.11. The van der Waals surface area contributed by atoms with Gasteiger partial charge < -0.3 is 10.1 Å². The summed E-state index contributed by atoms with van der Waals surface area (Å²) in [5.74, 6) is -1.35. The standard InChI is InChI=1S/C14H19FN2O4/c1-14(2,6-7-21-3)9-16-13(18)11-8-10(15)4-5-12(11)17(19)20/h4-5,8H,6-7,9H2,1-3H3,(H,16,18). The third-order valence-electron chi connectivity index (χ3n) is 3.11. The summed E-state index contributed by atoms with van der Waals surface area (Å²) in [6.45, 7) is 4.73. The van der Waals surface area contributed by atoms with Crippen molar-refractivity contribution >= 4 is 11.6 Å². The molecule has 0 aliphatic rings. The zero-order chi connectivity index (χ0) is 16.0. The van der Waals surface area contributed by atoms with Gasteiger partial charge in [-0.15, -0.1) is 0 Å². The van der Waals surface area contributed by atoms with E-state index in [9.17, 15) is 19.3 Å². The van der Waals surface area contributed by atoms with Gasteiger partial charge in [0, 0.05) is 26.3 Å². The van der Waals surface area contributed by atoms with Crippen LogP contribution in [0.3, 0.4) is 0 Å². The number of nitro benzene ring substituents is 1. The molecule has 0 fully saturated rings. The van der Waals surface area contributed by atoms with E-state index in [-0.39, 0.29) is 11.0 Å². The van der Waals surface area contributed by atoms with Gasteiger partial charge in [-0.1, -0.05) is 13.8 Å². The average molecular weight is 298 g/mol. The van der Waals surface area contributed by atoms with Crippen LogP contribution in [0.5, 0.6) is 0 Å². The van der Waals surface area contributed by atoms with Crippen molar-refractivity contribution in [2.75, 3.05) is 20.3 Å². The highest BCUT2D eigenvalue weighted by Crippen LogP contribution is 2.21. The fourth-order valence-electron chi connectivity index (χ4n) is 1.73. The van der Waals surface area contributed by atoms with Crippen molar-refractivity contribution in [3.05, 3.63) is 39.7 Å². The van der Waals surface area contributed by atoms with Crippen LogP contribution in [0.15, 0.2) is 18.2 Å². The zero-order valence-corrected chi connectivity index (χ0v) is 12.3. The van der Waals surface area contributed by atoms with Crippen LogP contribution in [0.4, 0.5) is 10.1 Å². The smallest absolute Gasteiger partial charge is 0.282 e. The molecule has 1 aromatic rings. The lowest BCUT2D eigenvalue weighted by Gasteiger charge is -2.24. The molecule has 0 radical (unpaired) electrons. The molecule has 1 rings (SSSR count). The molecule has 0 atom stereocenters. The topological polar surface area (TPSA) is 81.5 Å². The molecule has 0 spiro atoms. The number of carbonyl (C=O) groups excluding carboxylic acids is 1. The number of carbonyl (C=O) groups is 1. The van der Waals surface area contributed by atoms with Crippen molar-refractivity contribution in [2.45, 2.75) is 20.3 Å². The van der Waals surface area contributed by atoms with Gasteiger partial charge >= 0.3 is 0 Å². The molecule has 0 aromatic heterocycles. The maximum absolute atomic E-state index is 13.2. The molecule has 0 aliphatic heterocycles. The molecule has 1 aromatic carbocycles. The second kappa shape index (κ2) is 7.12. The van der Waals surface area contributed by atoms with Crippen LogP contribution in [0.1, 0.15) is 30.6 Å². The van der Waals surface area contributed by atoms with Crippen LogP contribution in [0, 0.1) is 21.3 Å². The highest BCUT2D eigenvalue weighted by atomic mass is 19.1. The molecular formula is C14H19FN2O4. The van der Waals surface area contributed by atoms with E-state index < -0.39 is 22.3 Å². The Kier molecular flexibility index (Phi) is 5.78. The number of nitrogens with one attached hydrogen (secondary N) is 1. The van der Waals surface area contributed by atoms with Crippen molar-refractivity contribution in [3.63, 3.8) is 0 Å². The van der Waals surface area contributed by atoms with Crippen LogP contribution in [-0.2, 0) is 4.74 Å². The number of hydrogen-bond acceptors (Lipinski definition) is 4. The molecule has 0 bridgehead atoms. The summed E-state index contributed by atoms with van der Waals surface area (Å²) in [5, 5.41) is 13.5. The Bertz CT molecular complexity index is 532. The molecule has 0 aliphatic carbocycles. The largest absolute Gasteiger partial charge is 0.385 e. The van der Waals surface area contributed by atoms with Crippen LogP contribution >= 0.6 is 0 Å². The van der Waals surface area contributed by atoms with Gasteiger partial charge in [0.05, 0.1) is 4.92 Å². The quantitative estimate of drug-likeness (QED) is 0.619. The first-order chi connectivity index (χ1) is 9.76. The molecule has 0 unspecified atom stereocenters. The summed E-state index contributed by atoms with van der Waals surface area (Å²) in [6.07, 6.45) is 0.717. The highest BCUT2D eigenvalue weighted by Gasteiger charge is 2.23. The van der Waals surface area contributed by atoms with E-state index in [0.717, 1.165) is 24.6 Å². The highest BCUT2D eigenvalue weighted by molar-refractivity contribution is 5.98. The van der Waals surface area contributed by atoms with Gasteiger partial charge in [0.15, 0.2) is 0 Å². The van der Waals surface area contributed by atoms with Crippen molar-refractivity contribution in [3.8, 4) is 0 Å². The predicted octanol–water partition coefficient (Wildman–Crippen LogP) is 2.53. The van der Waals surface area contributed by atoms with E-state index in [4.69, 9.17) is 4.74 Å². The monoisotopic (exact) mass is 298 g/mol. The van der Waals surface area contributed by atoms with Crippen LogP contribution < -0.4 is 5.32 Å². The first kappa shape index (κ1) is 17.0. The zero-order valence-electron chi connectivity index (χ0n) is 12.3. The van der Waals surface area contributed by atoms with Gasteiger partial charge in [-0.25, -0.2) is 4.39 Å². The Morgan fingerprint density at radius 3 is 2.71 bits per heavy atom. The maximum Gasteiger partial charge on any atom is 0.282 e. The van der Waals surface area contributed by atoms with E-state index in [1.165, 1.54) is 0 Å². The lowest BCUT2D eigenvalue weighted by atomic mass is 9.89. The molecule has 116 valence electrons. The number of nitro groups is 1. The first-order valence-corrected chi connectivity index (χ1v) is 6.48. The van der Waals surface area contributed by atoms with Gasteiger partial charge in [0.2, 0.25) is 0 Å². The van der Waals surface area contributed by atoms with Gasteiger partial charge in [0.1, 0.15) is 11.4 Å². The fraction of sp³-hybridized carbons (Fsp3) is 0.500. The molecule has 0 saturated heterocycles. The molecule has 0 heterocycles. The Morgan fingerprint density at radius 1 is 1.48 bits per heavy atom. The molecule has 7 heteroatoms. The molecule has 1 N–H and O–H groups in total. The lowest BCUT2D eigenvalue weighted by molar-refractivity contribution is -0.385. The summed E-state index contributed by atoms with van der Waals surface area (Å²) in [7, 11) is 1.59. The number of methoxy groups -OCH3 is 1. The number of ether oxygens (including phenoxy) is 1. The lowest BCUT2D eigenvalue weighted by Crippen LogP contribution is -2.35. The summed E-state index contributed by atoms with van der Waals surface area (Å²) in [5.41, 5.74) is -0.917. The minimum Gasteiger partial charge on any atom is -0.385 e. The van der Waals surface area contributed by atoms with Gasteiger partial charge in [-0.3, -0.25) is 14.9 Å².